The molecular weight excluding hydrogens is 290 g/mol. The van der Waals surface area contributed by atoms with Crippen molar-refractivity contribution in [3.8, 4) is 6.07 Å². The summed E-state index contributed by atoms with van der Waals surface area (Å²) in [5.74, 6) is -0.0254. The van der Waals surface area contributed by atoms with Gasteiger partial charge in [-0.15, -0.1) is 0 Å². The van der Waals surface area contributed by atoms with Crippen LogP contribution in [0, 0.1) is 11.3 Å². The van der Waals surface area contributed by atoms with Crippen LogP contribution in [0.25, 0.3) is 0 Å². The van der Waals surface area contributed by atoms with E-state index in [-0.39, 0.29) is 5.91 Å². The first kappa shape index (κ1) is 16.6. The summed E-state index contributed by atoms with van der Waals surface area (Å²) < 4.78 is 0. The standard InChI is InChI=1S/C17H19N5O/c1-22(13-16-12-19-8-9-20-16)10-2-3-17(23)21-15-6-4-14(11-18)5-7-15/h4-9,12H,2-3,10,13H2,1H3,(H,21,23). The Hall–Kier alpha value is -2.78. The van der Waals surface area contributed by atoms with Gasteiger partial charge in [-0.05, 0) is 44.3 Å². The highest BCUT2D eigenvalue weighted by atomic mass is 16.1. The molecule has 1 amide bonds. The molecule has 1 aromatic heterocycles. The first-order chi connectivity index (χ1) is 11.2. The van der Waals surface area contributed by atoms with Crippen molar-refractivity contribution >= 4 is 11.6 Å². The summed E-state index contributed by atoms with van der Waals surface area (Å²) in [4.78, 5) is 22.3. The number of nitrogens with zero attached hydrogens (tertiary/aromatic N) is 4. The Kier molecular flexibility index (Phi) is 6.21. The second kappa shape index (κ2) is 8.61. The lowest BCUT2D eigenvalue weighted by atomic mass is 10.2. The number of benzene rings is 1. The Bertz CT molecular complexity index is 664. The average molecular weight is 309 g/mol. The Labute approximate surface area is 135 Å². The molecule has 2 rings (SSSR count). The summed E-state index contributed by atoms with van der Waals surface area (Å²) in [6.07, 6.45) is 6.28. The van der Waals surface area contributed by atoms with Gasteiger partial charge in [0.15, 0.2) is 0 Å². The first-order valence-electron chi connectivity index (χ1n) is 7.41. The number of nitriles is 1. The zero-order valence-electron chi connectivity index (χ0n) is 13.1. The molecule has 0 fully saturated rings. The fourth-order valence-electron chi connectivity index (χ4n) is 2.13. The molecule has 1 heterocycles. The quantitative estimate of drug-likeness (QED) is 0.848. The van der Waals surface area contributed by atoms with E-state index in [1.807, 2.05) is 13.1 Å². The molecule has 6 heteroatoms. The average Bonchev–Trinajstić information content (AvgIpc) is 2.56. The van der Waals surface area contributed by atoms with E-state index in [9.17, 15) is 4.79 Å². The van der Waals surface area contributed by atoms with Gasteiger partial charge < -0.3 is 10.2 Å². The van der Waals surface area contributed by atoms with Crippen LogP contribution in [-0.2, 0) is 11.3 Å². The molecule has 0 radical (unpaired) electrons. The Morgan fingerprint density at radius 1 is 1.30 bits per heavy atom. The molecule has 0 bridgehead atoms. The molecule has 0 atom stereocenters. The van der Waals surface area contributed by atoms with E-state index in [1.54, 1.807) is 42.9 Å². The number of aromatic nitrogens is 2. The molecule has 0 aliphatic rings. The summed E-state index contributed by atoms with van der Waals surface area (Å²) in [5, 5.41) is 11.6. The van der Waals surface area contributed by atoms with Gasteiger partial charge in [0.2, 0.25) is 5.91 Å². The summed E-state index contributed by atoms with van der Waals surface area (Å²) >= 11 is 0. The largest absolute Gasteiger partial charge is 0.326 e. The molecule has 0 spiro atoms. The predicted molar refractivity (Wildman–Crippen MR) is 87.4 cm³/mol. The normalized spacial score (nSPS) is 10.3. The smallest absolute Gasteiger partial charge is 0.224 e. The van der Waals surface area contributed by atoms with Gasteiger partial charge in [0.25, 0.3) is 0 Å². The van der Waals surface area contributed by atoms with E-state index in [0.29, 0.717) is 24.2 Å². The minimum absolute atomic E-state index is 0.0254. The van der Waals surface area contributed by atoms with Crippen LogP contribution in [0.3, 0.4) is 0 Å². The van der Waals surface area contributed by atoms with Gasteiger partial charge >= 0.3 is 0 Å². The fraction of sp³-hybridized carbons (Fsp3) is 0.294. The summed E-state index contributed by atoms with van der Waals surface area (Å²) in [6.45, 7) is 1.52. The maximum Gasteiger partial charge on any atom is 0.224 e. The highest BCUT2D eigenvalue weighted by Gasteiger charge is 2.05. The topological polar surface area (TPSA) is 81.9 Å². The third-order valence-corrected chi connectivity index (χ3v) is 3.29. The van der Waals surface area contributed by atoms with Gasteiger partial charge in [0, 0.05) is 37.2 Å². The van der Waals surface area contributed by atoms with Crippen LogP contribution < -0.4 is 5.32 Å². The molecule has 1 N–H and O–H groups in total. The molecular formula is C17H19N5O. The van der Waals surface area contributed by atoms with Gasteiger partial charge in [-0.2, -0.15) is 5.26 Å². The van der Waals surface area contributed by atoms with E-state index in [2.05, 4.69) is 20.2 Å². The Morgan fingerprint density at radius 3 is 2.74 bits per heavy atom. The monoisotopic (exact) mass is 309 g/mol. The number of rotatable bonds is 7. The maximum absolute atomic E-state index is 11.9. The molecule has 2 aromatic rings. The Morgan fingerprint density at radius 2 is 2.09 bits per heavy atom. The van der Waals surface area contributed by atoms with Crippen molar-refractivity contribution in [1.29, 1.82) is 5.26 Å². The van der Waals surface area contributed by atoms with Crippen LogP contribution >= 0.6 is 0 Å². The SMILES string of the molecule is CN(CCCC(=O)Nc1ccc(C#N)cc1)Cc1cnccn1. The number of nitrogens with one attached hydrogen (secondary N) is 1. The maximum atomic E-state index is 11.9. The van der Waals surface area contributed by atoms with Crippen molar-refractivity contribution in [3.63, 3.8) is 0 Å². The number of anilines is 1. The van der Waals surface area contributed by atoms with Crippen LogP contribution in [-0.4, -0.2) is 34.4 Å². The molecule has 23 heavy (non-hydrogen) atoms. The zero-order valence-corrected chi connectivity index (χ0v) is 13.1. The number of hydrogen-bond donors (Lipinski definition) is 1. The lowest BCUT2D eigenvalue weighted by Gasteiger charge is -2.15. The van der Waals surface area contributed by atoms with Crippen LogP contribution in [0.5, 0.6) is 0 Å². The van der Waals surface area contributed by atoms with Crippen molar-refractivity contribution in [1.82, 2.24) is 14.9 Å². The zero-order chi connectivity index (χ0) is 16.5. The molecule has 118 valence electrons. The lowest BCUT2D eigenvalue weighted by molar-refractivity contribution is -0.116. The van der Waals surface area contributed by atoms with Gasteiger partial charge in [0.1, 0.15) is 0 Å². The number of amides is 1. The minimum atomic E-state index is -0.0254. The molecule has 1 aromatic carbocycles. The molecule has 0 aliphatic carbocycles. The van der Waals surface area contributed by atoms with Gasteiger partial charge in [-0.1, -0.05) is 0 Å². The van der Waals surface area contributed by atoms with Crippen molar-refractivity contribution in [2.45, 2.75) is 19.4 Å². The lowest BCUT2D eigenvalue weighted by Crippen LogP contribution is -2.21. The molecule has 0 saturated carbocycles. The summed E-state index contributed by atoms with van der Waals surface area (Å²) in [7, 11) is 1.99. The fourth-order valence-corrected chi connectivity index (χ4v) is 2.13. The van der Waals surface area contributed by atoms with Crippen molar-refractivity contribution in [2.24, 2.45) is 0 Å². The number of hydrogen-bond acceptors (Lipinski definition) is 5. The van der Waals surface area contributed by atoms with Crippen LogP contribution in [0.2, 0.25) is 0 Å². The van der Waals surface area contributed by atoms with E-state index < -0.39 is 0 Å². The van der Waals surface area contributed by atoms with E-state index in [0.717, 1.165) is 18.7 Å². The highest BCUT2D eigenvalue weighted by molar-refractivity contribution is 5.90. The Balaban J connectivity index is 1.69. The van der Waals surface area contributed by atoms with Crippen molar-refractivity contribution in [2.75, 3.05) is 18.9 Å². The van der Waals surface area contributed by atoms with Crippen LogP contribution in [0.15, 0.2) is 42.9 Å². The summed E-state index contributed by atoms with van der Waals surface area (Å²) in [5.41, 5.74) is 2.20. The third-order valence-electron chi connectivity index (χ3n) is 3.29. The molecule has 0 aliphatic heterocycles. The minimum Gasteiger partial charge on any atom is -0.326 e. The predicted octanol–water partition coefficient (Wildman–Crippen LogP) is 2.20. The molecule has 0 saturated heterocycles. The number of carbonyl (C=O) groups is 1. The van der Waals surface area contributed by atoms with Crippen LogP contribution in [0.4, 0.5) is 5.69 Å². The van der Waals surface area contributed by atoms with E-state index in [4.69, 9.17) is 5.26 Å². The second-order valence-corrected chi connectivity index (χ2v) is 5.28. The van der Waals surface area contributed by atoms with Gasteiger partial charge in [-0.25, -0.2) is 0 Å². The third kappa shape index (κ3) is 5.85. The number of carbonyl (C=O) groups excluding carboxylic acids is 1. The van der Waals surface area contributed by atoms with Crippen molar-refractivity contribution < 1.29 is 4.79 Å². The highest BCUT2D eigenvalue weighted by Crippen LogP contribution is 2.09. The van der Waals surface area contributed by atoms with Crippen LogP contribution in [0.1, 0.15) is 24.1 Å². The van der Waals surface area contributed by atoms with E-state index in [1.165, 1.54) is 0 Å². The van der Waals surface area contributed by atoms with Crippen molar-refractivity contribution in [3.05, 3.63) is 54.1 Å². The van der Waals surface area contributed by atoms with Gasteiger partial charge in [0.05, 0.1) is 17.3 Å². The first-order valence-corrected chi connectivity index (χ1v) is 7.41. The summed E-state index contributed by atoms with van der Waals surface area (Å²) in [6, 6.07) is 8.88. The second-order valence-electron chi connectivity index (χ2n) is 5.28. The molecule has 6 nitrogen and oxygen atoms in total. The van der Waals surface area contributed by atoms with E-state index >= 15 is 0 Å². The van der Waals surface area contributed by atoms with Gasteiger partial charge in [-0.3, -0.25) is 14.8 Å². The molecule has 0 unspecified atom stereocenters.